The van der Waals surface area contributed by atoms with Crippen molar-refractivity contribution in [1.82, 2.24) is 10.0 Å². The summed E-state index contributed by atoms with van der Waals surface area (Å²) in [6.45, 7) is 0.657. The van der Waals surface area contributed by atoms with Gasteiger partial charge < -0.3 is 4.57 Å². The second-order valence-corrected chi connectivity index (χ2v) is 5.66. The van der Waals surface area contributed by atoms with Gasteiger partial charge in [-0.3, -0.25) is 4.84 Å². The number of hydrogen-bond acceptors (Lipinski definition) is 3. The first kappa shape index (κ1) is 14.5. The van der Waals surface area contributed by atoms with Crippen molar-refractivity contribution in [3.05, 3.63) is 65.0 Å². The van der Waals surface area contributed by atoms with Gasteiger partial charge in [0.15, 0.2) is 4.80 Å². The lowest BCUT2D eigenvalue weighted by Crippen LogP contribution is -2.23. The van der Waals surface area contributed by atoms with Crippen molar-refractivity contribution in [1.29, 1.82) is 0 Å². The van der Waals surface area contributed by atoms with E-state index in [9.17, 15) is 4.79 Å². The minimum absolute atomic E-state index is 0.518. The molecule has 0 saturated carbocycles. The zero-order chi connectivity index (χ0) is 15.4. The van der Waals surface area contributed by atoms with E-state index in [1.807, 2.05) is 47.0 Å². The molecule has 2 aromatic carbocycles. The van der Waals surface area contributed by atoms with Gasteiger partial charge in [-0.05, 0) is 17.7 Å². The maximum absolute atomic E-state index is 11.7. The molecule has 0 unspecified atom stereocenters. The maximum Gasteiger partial charge on any atom is 0.367 e. The van der Waals surface area contributed by atoms with Crippen molar-refractivity contribution in [2.45, 2.75) is 6.54 Å². The Morgan fingerprint density at radius 2 is 1.91 bits per heavy atom. The third-order valence-electron chi connectivity index (χ3n) is 3.16. The van der Waals surface area contributed by atoms with Gasteiger partial charge >= 0.3 is 6.03 Å². The molecule has 0 saturated heterocycles. The molecule has 0 aliphatic heterocycles. The number of carbonyl (C=O) groups is 1. The zero-order valence-electron chi connectivity index (χ0n) is 12.0. The molecular weight excluding hydrogens is 298 g/mol. The molecule has 6 heteroatoms. The first-order valence-corrected chi connectivity index (χ1v) is 7.59. The van der Waals surface area contributed by atoms with Crippen LogP contribution in [0, 0.1) is 0 Å². The predicted molar refractivity (Wildman–Crippen MR) is 86.5 cm³/mol. The topological polar surface area (TPSA) is 55.6 Å². The summed E-state index contributed by atoms with van der Waals surface area (Å²) in [5.74, 6) is 0. The van der Waals surface area contributed by atoms with Gasteiger partial charge in [0, 0.05) is 0 Å². The summed E-state index contributed by atoms with van der Waals surface area (Å²) < 4.78 is 3.12. The smallest absolute Gasteiger partial charge is 0.312 e. The molecule has 1 heterocycles. The molecule has 0 bridgehead atoms. The Morgan fingerprint density at radius 1 is 1.18 bits per heavy atom. The van der Waals surface area contributed by atoms with Crippen molar-refractivity contribution in [2.24, 2.45) is 4.99 Å². The molecule has 2 amide bonds. The molecule has 0 aliphatic rings. The molecule has 0 fully saturated rings. The van der Waals surface area contributed by atoms with Gasteiger partial charge in [0.2, 0.25) is 0 Å². The van der Waals surface area contributed by atoms with Crippen LogP contribution in [0.25, 0.3) is 10.2 Å². The summed E-state index contributed by atoms with van der Waals surface area (Å²) in [7, 11) is 1.39. The third kappa shape index (κ3) is 3.08. The quantitative estimate of drug-likeness (QED) is 0.756. The van der Waals surface area contributed by atoms with Crippen LogP contribution < -0.4 is 10.3 Å². The van der Waals surface area contributed by atoms with Crippen LogP contribution in [-0.4, -0.2) is 17.7 Å². The number of hydroxylamine groups is 1. The van der Waals surface area contributed by atoms with E-state index in [1.165, 1.54) is 18.4 Å². The van der Waals surface area contributed by atoms with Gasteiger partial charge in [-0.15, -0.1) is 0 Å². The summed E-state index contributed by atoms with van der Waals surface area (Å²) in [5.41, 5.74) is 4.43. The molecule has 0 atom stereocenters. The minimum atomic E-state index is -0.518. The molecule has 0 radical (unpaired) electrons. The fourth-order valence-corrected chi connectivity index (χ4v) is 3.25. The molecule has 112 valence electrons. The molecular formula is C16H15N3O2S. The second kappa shape index (κ2) is 6.55. The van der Waals surface area contributed by atoms with E-state index in [2.05, 4.69) is 27.4 Å². The number of urea groups is 1. The van der Waals surface area contributed by atoms with Crippen molar-refractivity contribution in [3.8, 4) is 0 Å². The van der Waals surface area contributed by atoms with Crippen LogP contribution in [0.4, 0.5) is 4.79 Å². The molecule has 22 heavy (non-hydrogen) atoms. The Bertz CT molecular complexity index is 852. The van der Waals surface area contributed by atoms with Crippen molar-refractivity contribution in [3.63, 3.8) is 0 Å². The highest BCUT2D eigenvalue weighted by Gasteiger charge is 2.07. The fourth-order valence-electron chi connectivity index (χ4n) is 2.22. The number of hydrogen-bond donors (Lipinski definition) is 1. The lowest BCUT2D eigenvalue weighted by atomic mass is 10.2. The van der Waals surface area contributed by atoms with E-state index in [-0.39, 0.29) is 0 Å². The monoisotopic (exact) mass is 313 g/mol. The first-order valence-electron chi connectivity index (χ1n) is 6.78. The number of nitrogens with one attached hydrogen (secondary N) is 1. The van der Waals surface area contributed by atoms with E-state index < -0.39 is 6.03 Å². The number of rotatable bonds is 3. The van der Waals surface area contributed by atoms with E-state index >= 15 is 0 Å². The van der Waals surface area contributed by atoms with Gasteiger partial charge in [-0.1, -0.05) is 53.8 Å². The number of thiazole rings is 1. The molecule has 0 spiro atoms. The number of fused-ring (bicyclic) bond motifs is 1. The van der Waals surface area contributed by atoms with Gasteiger partial charge in [-0.25, -0.2) is 10.3 Å². The summed E-state index contributed by atoms with van der Waals surface area (Å²) in [5, 5.41) is 0. The average Bonchev–Trinajstić information content (AvgIpc) is 2.86. The number of benzene rings is 2. The highest BCUT2D eigenvalue weighted by molar-refractivity contribution is 7.16. The van der Waals surface area contributed by atoms with Crippen molar-refractivity contribution >= 4 is 27.6 Å². The molecule has 0 aliphatic carbocycles. The zero-order valence-corrected chi connectivity index (χ0v) is 12.8. The maximum atomic E-state index is 11.7. The van der Waals surface area contributed by atoms with E-state index in [0.29, 0.717) is 11.3 Å². The molecule has 1 aromatic heterocycles. The summed E-state index contributed by atoms with van der Waals surface area (Å²) in [4.78, 5) is 21.0. The highest BCUT2D eigenvalue weighted by Crippen LogP contribution is 2.17. The van der Waals surface area contributed by atoms with E-state index in [0.717, 1.165) is 15.8 Å². The molecule has 1 N–H and O–H groups in total. The standard InChI is InChI=1S/C16H15N3O2S/c1-21-18-15(20)17-16-19(11-12-7-3-2-4-8-12)13-9-5-6-10-14(13)22-16/h2-10H,11H2,1H3,(H,18,20). The van der Waals surface area contributed by atoms with E-state index in [1.54, 1.807) is 0 Å². The second-order valence-electron chi connectivity index (χ2n) is 4.65. The van der Waals surface area contributed by atoms with Crippen LogP contribution in [0.3, 0.4) is 0 Å². The summed E-state index contributed by atoms with van der Waals surface area (Å²) in [6, 6.07) is 17.6. The lowest BCUT2D eigenvalue weighted by molar-refractivity contribution is 0.112. The summed E-state index contributed by atoms with van der Waals surface area (Å²) in [6.07, 6.45) is 0. The number of para-hydroxylation sites is 1. The number of carbonyl (C=O) groups excluding carboxylic acids is 1. The lowest BCUT2D eigenvalue weighted by Gasteiger charge is -2.05. The fraction of sp³-hybridized carbons (Fsp3) is 0.125. The van der Waals surface area contributed by atoms with Crippen molar-refractivity contribution < 1.29 is 9.63 Å². The van der Waals surface area contributed by atoms with Crippen LogP contribution >= 0.6 is 11.3 Å². The summed E-state index contributed by atoms with van der Waals surface area (Å²) >= 11 is 1.48. The Balaban J connectivity index is 2.11. The van der Waals surface area contributed by atoms with Crippen LogP contribution in [-0.2, 0) is 11.4 Å². The number of aromatic nitrogens is 1. The predicted octanol–water partition coefficient (Wildman–Crippen LogP) is 2.92. The van der Waals surface area contributed by atoms with Crippen LogP contribution in [0.5, 0.6) is 0 Å². The van der Waals surface area contributed by atoms with Gasteiger partial charge in [0.1, 0.15) is 0 Å². The third-order valence-corrected chi connectivity index (χ3v) is 4.22. The normalized spacial score (nSPS) is 11.8. The molecule has 3 rings (SSSR count). The average molecular weight is 313 g/mol. The molecule has 5 nitrogen and oxygen atoms in total. The van der Waals surface area contributed by atoms with Crippen LogP contribution in [0.15, 0.2) is 59.6 Å². The minimum Gasteiger partial charge on any atom is -0.312 e. The Hall–Kier alpha value is -2.44. The Labute approximate surface area is 131 Å². The van der Waals surface area contributed by atoms with Gasteiger partial charge in [0.05, 0.1) is 23.9 Å². The van der Waals surface area contributed by atoms with Gasteiger partial charge in [0.25, 0.3) is 0 Å². The van der Waals surface area contributed by atoms with E-state index in [4.69, 9.17) is 0 Å². The number of nitrogens with zero attached hydrogens (tertiary/aromatic N) is 2. The van der Waals surface area contributed by atoms with Crippen molar-refractivity contribution in [2.75, 3.05) is 7.11 Å². The Kier molecular flexibility index (Phi) is 4.32. The number of amides is 2. The van der Waals surface area contributed by atoms with Crippen LogP contribution in [0.1, 0.15) is 5.56 Å². The molecule has 3 aromatic rings. The largest absolute Gasteiger partial charge is 0.367 e. The SMILES string of the molecule is CONC(=O)N=c1sc2ccccc2n1Cc1ccccc1. The van der Waals surface area contributed by atoms with Crippen LogP contribution in [0.2, 0.25) is 0 Å². The Morgan fingerprint density at radius 3 is 2.68 bits per heavy atom. The first-order chi connectivity index (χ1) is 10.8. The van der Waals surface area contributed by atoms with Gasteiger partial charge in [-0.2, -0.15) is 4.99 Å². The highest BCUT2D eigenvalue weighted by atomic mass is 32.1.